The van der Waals surface area contributed by atoms with Crippen molar-refractivity contribution in [3.63, 3.8) is 0 Å². The number of imidazole rings is 2. The summed E-state index contributed by atoms with van der Waals surface area (Å²) in [6, 6.07) is 8.84. The van der Waals surface area contributed by atoms with Gasteiger partial charge in [0.2, 0.25) is 11.8 Å². The molecule has 12 heteroatoms. The number of hydrogen-bond donors (Lipinski definition) is 0. The van der Waals surface area contributed by atoms with Gasteiger partial charge in [-0.2, -0.15) is 13.2 Å². The van der Waals surface area contributed by atoms with Crippen LogP contribution in [-0.4, -0.2) is 41.2 Å². The monoisotopic (exact) mass is 535 g/mol. The van der Waals surface area contributed by atoms with Gasteiger partial charge in [-0.15, -0.1) is 0 Å². The number of hydrogen-bond acceptors (Lipinski definition) is 7. The van der Waals surface area contributed by atoms with E-state index in [0.29, 0.717) is 40.0 Å². The number of aryl methyl sites for hydroxylation is 2. The minimum Gasteiger partial charge on any atom is -0.480 e. The second-order valence-electron chi connectivity index (χ2n) is 9.49. The highest BCUT2D eigenvalue weighted by Gasteiger charge is 2.35. The molecule has 0 unspecified atom stereocenters. The first-order valence-electron chi connectivity index (χ1n) is 12.3. The lowest BCUT2D eigenvalue weighted by atomic mass is 10.1. The minimum atomic E-state index is -4.50. The number of halogens is 3. The van der Waals surface area contributed by atoms with Crippen molar-refractivity contribution in [3.05, 3.63) is 66.1 Å². The lowest BCUT2D eigenvalue weighted by molar-refractivity contribution is -0.140. The van der Waals surface area contributed by atoms with Gasteiger partial charge in [0.25, 0.3) is 0 Å². The number of rotatable bonds is 7. The molecule has 1 aliphatic rings. The minimum absolute atomic E-state index is 0.197. The topological polar surface area (TPSA) is 92.8 Å². The van der Waals surface area contributed by atoms with Gasteiger partial charge in [-0.05, 0) is 18.4 Å². The Morgan fingerprint density at radius 2 is 1.77 bits per heavy atom. The molecule has 200 valence electrons. The normalized spacial score (nSPS) is 13.7. The number of pyridine rings is 1. The SMILES string of the molecule is COc1ncnc(C2CC2)c1-c1nc(OCc2ccc(-c3nc(C(F)(F)F)cn3C)cc2)cc2c1ncn2C. The van der Waals surface area contributed by atoms with Crippen molar-refractivity contribution in [1.29, 1.82) is 0 Å². The highest BCUT2D eigenvalue weighted by Crippen LogP contribution is 2.46. The highest BCUT2D eigenvalue weighted by atomic mass is 19.4. The Morgan fingerprint density at radius 3 is 2.44 bits per heavy atom. The fraction of sp³-hybridized carbons (Fsp3) is 0.296. The molecule has 0 N–H and O–H groups in total. The summed E-state index contributed by atoms with van der Waals surface area (Å²) in [5.74, 6) is 1.37. The number of alkyl halides is 3. The molecule has 0 spiro atoms. The van der Waals surface area contributed by atoms with E-state index in [1.54, 1.807) is 37.7 Å². The molecule has 0 aliphatic heterocycles. The van der Waals surface area contributed by atoms with E-state index in [0.717, 1.165) is 35.8 Å². The van der Waals surface area contributed by atoms with Crippen molar-refractivity contribution in [2.45, 2.75) is 31.5 Å². The molecule has 0 amide bonds. The first-order valence-corrected chi connectivity index (χ1v) is 12.3. The van der Waals surface area contributed by atoms with Crippen molar-refractivity contribution in [2.24, 2.45) is 14.1 Å². The quantitative estimate of drug-likeness (QED) is 0.279. The molecule has 6 rings (SSSR count). The molecular formula is C27H24F3N7O2. The van der Waals surface area contributed by atoms with E-state index in [9.17, 15) is 13.2 Å². The average molecular weight is 536 g/mol. The maximum absolute atomic E-state index is 13.1. The highest BCUT2D eigenvalue weighted by molar-refractivity contribution is 5.92. The first-order chi connectivity index (χ1) is 18.7. The Hall–Kier alpha value is -4.48. The van der Waals surface area contributed by atoms with Gasteiger partial charge in [0.05, 0.1) is 30.2 Å². The largest absolute Gasteiger partial charge is 0.480 e. The van der Waals surface area contributed by atoms with Gasteiger partial charge in [-0.25, -0.2) is 24.9 Å². The molecule has 0 saturated heterocycles. The lowest BCUT2D eigenvalue weighted by Gasteiger charge is -2.14. The zero-order valence-corrected chi connectivity index (χ0v) is 21.4. The molecule has 1 fully saturated rings. The van der Waals surface area contributed by atoms with Crippen LogP contribution in [0.2, 0.25) is 0 Å². The van der Waals surface area contributed by atoms with Gasteiger partial charge < -0.3 is 18.6 Å². The van der Waals surface area contributed by atoms with Crippen LogP contribution in [-0.2, 0) is 26.9 Å². The number of fused-ring (bicyclic) bond motifs is 1. The Morgan fingerprint density at radius 1 is 1.00 bits per heavy atom. The van der Waals surface area contributed by atoms with Crippen LogP contribution in [0.5, 0.6) is 11.8 Å². The van der Waals surface area contributed by atoms with Crippen molar-refractivity contribution in [3.8, 4) is 34.4 Å². The van der Waals surface area contributed by atoms with Gasteiger partial charge in [0.15, 0.2) is 5.69 Å². The Kier molecular flexibility index (Phi) is 5.96. The maximum atomic E-state index is 13.1. The molecule has 4 aromatic heterocycles. The summed E-state index contributed by atoms with van der Waals surface area (Å²) in [6.07, 6.45) is 1.78. The molecular weight excluding hydrogens is 511 g/mol. The van der Waals surface area contributed by atoms with Crippen LogP contribution in [0.3, 0.4) is 0 Å². The Bertz CT molecular complexity index is 1670. The van der Waals surface area contributed by atoms with E-state index < -0.39 is 11.9 Å². The standard InChI is InChI=1S/C27H24F3N7O2/c1-36-11-19(27(28,29)30)34-25(36)17-6-4-15(5-7-17)12-39-20-10-18-23(33-14-37(18)2)24(35-20)21-22(16-8-9-16)31-13-32-26(21)38-3/h4-7,10-11,13-14,16H,8-9,12H2,1-3H3. The van der Waals surface area contributed by atoms with Crippen molar-refractivity contribution in [1.82, 2.24) is 34.1 Å². The van der Waals surface area contributed by atoms with Gasteiger partial charge in [0, 0.05) is 37.8 Å². The van der Waals surface area contributed by atoms with E-state index in [2.05, 4.69) is 19.9 Å². The molecule has 0 atom stereocenters. The van der Waals surface area contributed by atoms with Gasteiger partial charge in [-0.1, -0.05) is 24.3 Å². The molecule has 39 heavy (non-hydrogen) atoms. The summed E-state index contributed by atoms with van der Waals surface area (Å²) < 4.78 is 54.1. The van der Waals surface area contributed by atoms with Crippen molar-refractivity contribution >= 4 is 11.0 Å². The van der Waals surface area contributed by atoms with E-state index in [-0.39, 0.29) is 12.4 Å². The second kappa shape index (κ2) is 9.37. The lowest BCUT2D eigenvalue weighted by Crippen LogP contribution is -2.04. The molecule has 1 saturated carbocycles. The van der Waals surface area contributed by atoms with Crippen LogP contribution in [0.25, 0.3) is 33.7 Å². The fourth-order valence-corrected chi connectivity index (χ4v) is 4.56. The third kappa shape index (κ3) is 4.66. The van der Waals surface area contributed by atoms with Crippen LogP contribution >= 0.6 is 0 Å². The summed E-state index contributed by atoms with van der Waals surface area (Å²) in [5, 5.41) is 0. The molecule has 9 nitrogen and oxygen atoms in total. The third-order valence-corrected chi connectivity index (χ3v) is 6.69. The summed E-state index contributed by atoms with van der Waals surface area (Å²) in [6.45, 7) is 0.197. The third-order valence-electron chi connectivity index (χ3n) is 6.69. The molecule has 4 heterocycles. The van der Waals surface area contributed by atoms with E-state index in [4.69, 9.17) is 14.5 Å². The zero-order valence-electron chi connectivity index (χ0n) is 21.4. The van der Waals surface area contributed by atoms with Crippen LogP contribution < -0.4 is 9.47 Å². The predicted molar refractivity (Wildman–Crippen MR) is 136 cm³/mol. The molecule has 1 aliphatic carbocycles. The average Bonchev–Trinajstić information content (AvgIpc) is 3.60. The van der Waals surface area contributed by atoms with Crippen LogP contribution in [0.15, 0.2) is 49.2 Å². The fourth-order valence-electron chi connectivity index (χ4n) is 4.56. The van der Waals surface area contributed by atoms with Crippen molar-refractivity contribution in [2.75, 3.05) is 7.11 Å². The number of benzene rings is 1. The molecule has 1 aromatic carbocycles. The Labute approximate surface area is 221 Å². The molecule has 0 bridgehead atoms. The van der Waals surface area contributed by atoms with E-state index in [1.807, 2.05) is 17.7 Å². The second-order valence-corrected chi connectivity index (χ2v) is 9.49. The van der Waals surface area contributed by atoms with E-state index >= 15 is 0 Å². The zero-order chi connectivity index (χ0) is 27.3. The van der Waals surface area contributed by atoms with Crippen LogP contribution in [0, 0.1) is 0 Å². The van der Waals surface area contributed by atoms with Gasteiger partial charge >= 0.3 is 6.18 Å². The predicted octanol–water partition coefficient (Wildman–Crippen LogP) is 5.31. The molecule has 5 aromatic rings. The number of methoxy groups -OCH3 is 1. The molecule has 0 radical (unpaired) electrons. The van der Waals surface area contributed by atoms with Crippen LogP contribution in [0.1, 0.15) is 35.7 Å². The number of nitrogens with zero attached hydrogens (tertiary/aromatic N) is 7. The summed E-state index contributed by atoms with van der Waals surface area (Å²) >= 11 is 0. The van der Waals surface area contributed by atoms with E-state index in [1.165, 1.54) is 17.9 Å². The number of aromatic nitrogens is 7. The summed E-state index contributed by atoms with van der Waals surface area (Å²) in [7, 11) is 4.99. The maximum Gasteiger partial charge on any atom is 0.434 e. The summed E-state index contributed by atoms with van der Waals surface area (Å²) in [5.41, 5.74) is 4.17. The van der Waals surface area contributed by atoms with Gasteiger partial charge in [0.1, 0.15) is 30.0 Å². The van der Waals surface area contributed by atoms with Gasteiger partial charge in [-0.3, -0.25) is 0 Å². The van der Waals surface area contributed by atoms with Crippen molar-refractivity contribution < 1.29 is 22.6 Å². The number of ether oxygens (including phenoxy) is 2. The first kappa shape index (κ1) is 24.8. The summed E-state index contributed by atoms with van der Waals surface area (Å²) in [4.78, 5) is 22.0. The van der Waals surface area contributed by atoms with Crippen LogP contribution in [0.4, 0.5) is 13.2 Å². The smallest absolute Gasteiger partial charge is 0.434 e. The Balaban J connectivity index is 1.30.